The highest BCUT2D eigenvalue weighted by molar-refractivity contribution is 5.99. The van der Waals surface area contributed by atoms with Gasteiger partial charge in [-0.05, 0) is 12.1 Å². The van der Waals surface area contributed by atoms with E-state index in [4.69, 9.17) is 20.9 Å². The Morgan fingerprint density at radius 3 is 2.43 bits per heavy atom. The van der Waals surface area contributed by atoms with Crippen molar-refractivity contribution in [1.82, 2.24) is 0 Å². The number of ether oxygens (including phenoxy) is 2. The molecule has 0 aliphatic carbocycles. The molecule has 1 aromatic rings. The van der Waals surface area contributed by atoms with E-state index in [0.29, 0.717) is 44.8 Å². The molecule has 0 unspecified atom stereocenters. The highest BCUT2D eigenvalue weighted by atomic mass is 19.1. The minimum absolute atomic E-state index is 0.0553. The van der Waals surface area contributed by atoms with Gasteiger partial charge < -0.3 is 25.8 Å². The summed E-state index contributed by atoms with van der Waals surface area (Å²) < 4.78 is 25.4. The average Bonchev–Trinajstić information content (AvgIpc) is 2.88. The number of carbonyl (C=O) groups is 1. The number of benzene rings is 1. The van der Waals surface area contributed by atoms with Gasteiger partial charge in [-0.25, -0.2) is 4.39 Å². The smallest absolute Gasteiger partial charge is 0.250 e. The van der Waals surface area contributed by atoms with Crippen molar-refractivity contribution < 1.29 is 18.7 Å². The van der Waals surface area contributed by atoms with Gasteiger partial charge in [-0.15, -0.1) is 0 Å². The van der Waals surface area contributed by atoms with Crippen LogP contribution in [-0.4, -0.2) is 38.0 Å². The van der Waals surface area contributed by atoms with E-state index in [1.165, 1.54) is 6.07 Å². The summed E-state index contributed by atoms with van der Waals surface area (Å²) in [6.45, 7) is 2.36. The van der Waals surface area contributed by atoms with Gasteiger partial charge in [0.1, 0.15) is 5.82 Å². The lowest BCUT2D eigenvalue weighted by molar-refractivity contribution is -0.169. The molecule has 0 saturated carbocycles. The fourth-order valence-corrected chi connectivity index (χ4v) is 2.91. The quantitative estimate of drug-likeness (QED) is 0.789. The lowest BCUT2D eigenvalue weighted by Crippen LogP contribution is -2.45. The molecular formula is C14H18FN3O3. The predicted molar refractivity (Wildman–Crippen MR) is 75.4 cm³/mol. The van der Waals surface area contributed by atoms with E-state index in [1.807, 2.05) is 4.90 Å². The number of primary amides is 1. The van der Waals surface area contributed by atoms with Gasteiger partial charge in [0.2, 0.25) is 0 Å². The highest BCUT2D eigenvalue weighted by Crippen LogP contribution is 2.35. The largest absolute Gasteiger partial charge is 0.398 e. The number of amides is 1. The Kier molecular flexibility index (Phi) is 3.46. The maximum absolute atomic E-state index is 14.1. The van der Waals surface area contributed by atoms with Gasteiger partial charge in [0.05, 0.1) is 24.5 Å². The fourth-order valence-electron chi connectivity index (χ4n) is 2.91. The van der Waals surface area contributed by atoms with Crippen LogP contribution in [0.3, 0.4) is 0 Å². The van der Waals surface area contributed by atoms with Crippen molar-refractivity contribution >= 4 is 17.3 Å². The van der Waals surface area contributed by atoms with Crippen LogP contribution in [0, 0.1) is 5.82 Å². The first-order valence-electron chi connectivity index (χ1n) is 6.92. The Labute approximate surface area is 121 Å². The number of nitrogens with two attached hydrogens (primary N) is 2. The minimum Gasteiger partial charge on any atom is -0.398 e. The van der Waals surface area contributed by atoms with Gasteiger partial charge in [0.25, 0.3) is 5.91 Å². The van der Waals surface area contributed by atoms with E-state index >= 15 is 0 Å². The molecular weight excluding hydrogens is 277 g/mol. The number of carbonyl (C=O) groups excluding carboxylic acids is 1. The zero-order chi connectivity index (χ0) is 15.0. The van der Waals surface area contributed by atoms with Gasteiger partial charge in [0, 0.05) is 31.6 Å². The molecule has 2 heterocycles. The standard InChI is InChI=1S/C14H18FN3O3/c15-10-8-11(16)9(13(17)19)7-12(10)18-3-1-14(2-4-18)20-5-6-21-14/h7-8H,1-6,16H2,(H2,17,19). The Bertz CT molecular complexity index is 563. The number of hydrogen-bond donors (Lipinski definition) is 2. The summed E-state index contributed by atoms with van der Waals surface area (Å²) in [5, 5.41) is 0. The molecule has 7 heteroatoms. The molecule has 1 spiro atoms. The topological polar surface area (TPSA) is 90.8 Å². The SMILES string of the molecule is NC(=O)c1cc(N2CCC3(CC2)OCCO3)c(F)cc1N. The Morgan fingerprint density at radius 1 is 1.24 bits per heavy atom. The van der Waals surface area contributed by atoms with Gasteiger partial charge in [-0.3, -0.25) is 4.79 Å². The van der Waals surface area contributed by atoms with Crippen LogP contribution in [0.4, 0.5) is 15.8 Å². The van der Waals surface area contributed by atoms with Crippen molar-refractivity contribution in [3.8, 4) is 0 Å². The van der Waals surface area contributed by atoms with Crippen LogP contribution in [0.5, 0.6) is 0 Å². The Hall–Kier alpha value is -1.86. The summed E-state index contributed by atoms with van der Waals surface area (Å²) >= 11 is 0. The molecule has 6 nitrogen and oxygen atoms in total. The summed E-state index contributed by atoms with van der Waals surface area (Å²) in [6.07, 6.45) is 1.31. The fraction of sp³-hybridized carbons (Fsp3) is 0.500. The number of rotatable bonds is 2. The summed E-state index contributed by atoms with van der Waals surface area (Å²) in [4.78, 5) is 13.2. The second kappa shape index (κ2) is 5.16. The number of anilines is 2. The molecule has 2 saturated heterocycles. The third-order valence-electron chi connectivity index (χ3n) is 4.06. The normalized spacial score (nSPS) is 20.9. The number of nitrogen functional groups attached to an aromatic ring is 1. The number of piperidine rings is 1. The summed E-state index contributed by atoms with van der Waals surface area (Å²) in [6, 6.07) is 2.56. The van der Waals surface area contributed by atoms with Crippen molar-refractivity contribution in [3.05, 3.63) is 23.5 Å². The van der Waals surface area contributed by atoms with Crippen LogP contribution in [-0.2, 0) is 9.47 Å². The van der Waals surface area contributed by atoms with E-state index in [1.54, 1.807) is 0 Å². The molecule has 2 fully saturated rings. The van der Waals surface area contributed by atoms with E-state index in [-0.39, 0.29) is 11.3 Å². The zero-order valence-electron chi connectivity index (χ0n) is 11.6. The number of halogens is 1. The van der Waals surface area contributed by atoms with Crippen LogP contribution < -0.4 is 16.4 Å². The molecule has 0 radical (unpaired) electrons. The maximum atomic E-state index is 14.1. The molecule has 21 heavy (non-hydrogen) atoms. The van der Waals surface area contributed by atoms with Gasteiger partial charge in [0.15, 0.2) is 5.79 Å². The first-order valence-corrected chi connectivity index (χ1v) is 6.92. The van der Waals surface area contributed by atoms with E-state index in [9.17, 15) is 9.18 Å². The van der Waals surface area contributed by atoms with Crippen molar-refractivity contribution in [1.29, 1.82) is 0 Å². The van der Waals surface area contributed by atoms with Crippen molar-refractivity contribution in [2.24, 2.45) is 5.73 Å². The number of hydrogen-bond acceptors (Lipinski definition) is 5. The van der Waals surface area contributed by atoms with Crippen molar-refractivity contribution in [2.45, 2.75) is 18.6 Å². The van der Waals surface area contributed by atoms with Crippen LogP contribution >= 0.6 is 0 Å². The molecule has 0 bridgehead atoms. The Balaban J connectivity index is 1.81. The lowest BCUT2D eigenvalue weighted by atomic mass is 10.0. The van der Waals surface area contributed by atoms with Crippen molar-refractivity contribution in [3.63, 3.8) is 0 Å². The van der Waals surface area contributed by atoms with Crippen LogP contribution in [0.15, 0.2) is 12.1 Å². The number of nitrogens with zero attached hydrogens (tertiary/aromatic N) is 1. The minimum atomic E-state index is -0.662. The second-order valence-corrected chi connectivity index (χ2v) is 5.35. The van der Waals surface area contributed by atoms with Gasteiger partial charge in [-0.1, -0.05) is 0 Å². The van der Waals surface area contributed by atoms with Crippen molar-refractivity contribution in [2.75, 3.05) is 36.9 Å². The van der Waals surface area contributed by atoms with E-state index < -0.39 is 17.5 Å². The molecule has 1 amide bonds. The summed E-state index contributed by atoms with van der Waals surface area (Å²) in [5.74, 6) is -1.64. The molecule has 2 aliphatic heterocycles. The Morgan fingerprint density at radius 2 is 1.86 bits per heavy atom. The maximum Gasteiger partial charge on any atom is 0.250 e. The monoisotopic (exact) mass is 295 g/mol. The van der Waals surface area contributed by atoms with Gasteiger partial charge >= 0.3 is 0 Å². The first kappa shape index (κ1) is 14.1. The molecule has 4 N–H and O–H groups in total. The summed E-state index contributed by atoms with van der Waals surface area (Å²) in [7, 11) is 0. The molecule has 0 aromatic heterocycles. The third kappa shape index (κ3) is 2.54. The average molecular weight is 295 g/mol. The first-order chi connectivity index (χ1) is 10.0. The van der Waals surface area contributed by atoms with E-state index in [2.05, 4.69) is 0 Å². The lowest BCUT2D eigenvalue weighted by Gasteiger charge is -2.38. The molecule has 0 atom stereocenters. The highest BCUT2D eigenvalue weighted by Gasteiger charge is 2.40. The second-order valence-electron chi connectivity index (χ2n) is 5.35. The molecule has 3 rings (SSSR count). The van der Waals surface area contributed by atoms with Crippen LogP contribution in [0.25, 0.3) is 0 Å². The predicted octanol–water partition coefficient (Wildman–Crippen LogP) is 0.850. The molecule has 1 aromatic carbocycles. The summed E-state index contributed by atoms with van der Waals surface area (Å²) in [5.41, 5.74) is 11.4. The zero-order valence-corrected chi connectivity index (χ0v) is 11.6. The molecule has 2 aliphatic rings. The van der Waals surface area contributed by atoms with Crippen LogP contribution in [0.2, 0.25) is 0 Å². The molecule has 114 valence electrons. The van der Waals surface area contributed by atoms with Crippen LogP contribution in [0.1, 0.15) is 23.2 Å². The van der Waals surface area contributed by atoms with Gasteiger partial charge in [-0.2, -0.15) is 0 Å². The van der Waals surface area contributed by atoms with E-state index in [0.717, 1.165) is 6.07 Å². The third-order valence-corrected chi connectivity index (χ3v) is 4.06.